The van der Waals surface area contributed by atoms with Gasteiger partial charge in [0.2, 0.25) is 0 Å². The van der Waals surface area contributed by atoms with Crippen LogP contribution in [-0.4, -0.2) is 24.3 Å². The van der Waals surface area contributed by atoms with E-state index in [0.29, 0.717) is 22.9 Å². The standard InChI is InChI=1S/C17H16ClFN2O3/c18-11-3-6-16-13(7-11)14(9-24-16)21-17(23)20-8-15(22)10-1-4-12(19)5-2-10/h1-7,14-15,22H,8-9H2,(H2,20,21,23). The predicted octanol–water partition coefficient (Wildman–Crippen LogP) is 2.95. The first-order chi connectivity index (χ1) is 11.5. The van der Waals surface area contributed by atoms with Crippen molar-refractivity contribution >= 4 is 17.6 Å². The molecule has 7 heteroatoms. The van der Waals surface area contributed by atoms with Crippen molar-refractivity contribution in [1.29, 1.82) is 0 Å². The quantitative estimate of drug-likeness (QED) is 0.794. The van der Waals surface area contributed by atoms with Crippen molar-refractivity contribution in [3.63, 3.8) is 0 Å². The Balaban J connectivity index is 1.54. The number of hydrogen-bond donors (Lipinski definition) is 3. The minimum Gasteiger partial charge on any atom is -0.491 e. The molecule has 3 N–H and O–H groups in total. The third-order valence-electron chi connectivity index (χ3n) is 3.77. The van der Waals surface area contributed by atoms with Crippen molar-refractivity contribution in [2.75, 3.05) is 13.2 Å². The van der Waals surface area contributed by atoms with Gasteiger partial charge in [-0.25, -0.2) is 9.18 Å². The molecule has 5 nitrogen and oxygen atoms in total. The molecule has 1 heterocycles. The third kappa shape index (κ3) is 3.77. The van der Waals surface area contributed by atoms with Crippen LogP contribution in [0, 0.1) is 5.82 Å². The molecular weight excluding hydrogens is 335 g/mol. The Morgan fingerprint density at radius 2 is 2.08 bits per heavy atom. The Hall–Kier alpha value is -2.31. The first-order valence-electron chi connectivity index (χ1n) is 7.43. The molecule has 3 rings (SSSR count). The summed E-state index contributed by atoms with van der Waals surface area (Å²) < 4.78 is 18.3. The van der Waals surface area contributed by atoms with Gasteiger partial charge >= 0.3 is 6.03 Å². The zero-order valence-electron chi connectivity index (χ0n) is 12.6. The van der Waals surface area contributed by atoms with Crippen molar-refractivity contribution in [3.05, 3.63) is 64.4 Å². The van der Waals surface area contributed by atoms with Crippen molar-refractivity contribution in [3.8, 4) is 5.75 Å². The summed E-state index contributed by atoms with van der Waals surface area (Å²) in [4.78, 5) is 12.0. The second-order valence-corrected chi connectivity index (χ2v) is 5.90. The molecule has 0 saturated heterocycles. The van der Waals surface area contributed by atoms with Crippen LogP contribution in [0.25, 0.3) is 0 Å². The van der Waals surface area contributed by atoms with E-state index in [9.17, 15) is 14.3 Å². The Labute approximate surface area is 143 Å². The van der Waals surface area contributed by atoms with Gasteiger partial charge in [0.1, 0.15) is 18.2 Å². The molecule has 0 bridgehead atoms. The first-order valence-corrected chi connectivity index (χ1v) is 7.81. The van der Waals surface area contributed by atoms with E-state index >= 15 is 0 Å². The lowest BCUT2D eigenvalue weighted by atomic mass is 10.1. The maximum Gasteiger partial charge on any atom is 0.315 e. The van der Waals surface area contributed by atoms with Gasteiger partial charge in [-0.05, 0) is 35.9 Å². The largest absolute Gasteiger partial charge is 0.491 e. The molecule has 0 spiro atoms. The topological polar surface area (TPSA) is 70.6 Å². The van der Waals surface area contributed by atoms with Gasteiger partial charge in [0.05, 0.1) is 12.1 Å². The Bertz CT molecular complexity index is 739. The van der Waals surface area contributed by atoms with Crippen LogP contribution in [0.3, 0.4) is 0 Å². The fourth-order valence-electron chi connectivity index (χ4n) is 2.51. The summed E-state index contributed by atoms with van der Waals surface area (Å²) >= 11 is 5.96. The number of ether oxygens (including phenoxy) is 1. The molecule has 24 heavy (non-hydrogen) atoms. The SMILES string of the molecule is O=C(NCC(O)c1ccc(F)cc1)NC1COc2ccc(Cl)cc21. The Morgan fingerprint density at radius 1 is 1.33 bits per heavy atom. The molecule has 2 aromatic rings. The zero-order chi connectivity index (χ0) is 17.1. The lowest BCUT2D eigenvalue weighted by Crippen LogP contribution is -2.40. The summed E-state index contributed by atoms with van der Waals surface area (Å²) in [6.07, 6.45) is -0.919. The molecule has 2 amide bonds. The fraction of sp³-hybridized carbons (Fsp3) is 0.235. The highest BCUT2D eigenvalue weighted by Crippen LogP contribution is 2.34. The number of fused-ring (bicyclic) bond motifs is 1. The smallest absolute Gasteiger partial charge is 0.315 e. The van der Waals surface area contributed by atoms with E-state index in [1.807, 2.05) is 0 Å². The summed E-state index contributed by atoms with van der Waals surface area (Å²) in [5, 5.41) is 15.9. The second-order valence-electron chi connectivity index (χ2n) is 5.47. The molecule has 0 aromatic heterocycles. The number of aliphatic hydroxyl groups excluding tert-OH is 1. The minimum atomic E-state index is -0.919. The molecule has 0 aliphatic carbocycles. The summed E-state index contributed by atoms with van der Waals surface area (Å²) in [5.41, 5.74) is 1.34. The van der Waals surface area contributed by atoms with Crippen LogP contribution in [0.5, 0.6) is 5.75 Å². The molecule has 0 radical (unpaired) electrons. The van der Waals surface area contributed by atoms with Crippen molar-refractivity contribution in [1.82, 2.24) is 10.6 Å². The number of aliphatic hydroxyl groups is 1. The predicted molar refractivity (Wildman–Crippen MR) is 87.6 cm³/mol. The number of rotatable bonds is 4. The summed E-state index contributed by atoms with van der Waals surface area (Å²) in [6, 6.07) is 9.97. The lowest BCUT2D eigenvalue weighted by Gasteiger charge is -2.15. The van der Waals surface area contributed by atoms with Crippen molar-refractivity contribution in [2.45, 2.75) is 12.1 Å². The van der Waals surface area contributed by atoms with Crippen molar-refractivity contribution in [2.24, 2.45) is 0 Å². The van der Waals surface area contributed by atoms with Gasteiger partial charge in [0.15, 0.2) is 0 Å². The van der Waals surface area contributed by atoms with E-state index < -0.39 is 12.1 Å². The zero-order valence-corrected chi connectivity index (χ0v) is 13.4. The number of carbonyl (C=O) groups excluding carboxylic acids is 1. The van der Waals surface area contributed by atoms with Gasteiger partial charge in [-0.15, -0.1) is 0 Å². The number of benzene rings is 2. The fourth-order valence-corrected chi connectivity index (χ4v) is 2.69. The number of hydrogen-bond acceptors (Lipinski definition) is 3. The van der Waals surface area contributed by atoms with Crippen LogP contribution in [0.15, 0.2) is 42.5 Å². The highest BCUT2D eigenvalue weighted by Gasteiger charge is 2.26. The lowest BCUT2D eigenvalue weighted by molar-refractivity contribution is 0.172. The Morgan fingerprint density at radius 3 is 2.83 bits per heavy atom. The molecule has 1 aliphatic rings. The normalized spacial score (nSPS) is 16.9. The summed E-state index contributed by atoms with van der Waals surface area (Å²) in [5.74, 6) is 0.311. The average Bonchev–Trinajstić information content (AvgIpc) is 2.95. The average molecular weight is 351 g/mol. The van der Waals surface area contributed by atoms with Crippen LogP contribution in [0.1, 0.15) is 23.3 Å². The van der Waals surface area contributed by atoms with Gasteiger partial charge in [-0.3, -0.25) is 0 Å². The second kappa shape index (κ2) is 7.07. The van der Waals surface area contributed by atoms with Crippen LogP contribution in [-0.2, 0) is 0 Å². The highest BCUT2D eigenvalue weighted by molar-refractivity contribution is 6.30. The molecular formula is C17H16ClFN2O3. The van der Waals surface area contributed by atoms with E-state index in [2.05, 4.69) is 10.6 Å². The first kappa shape index (κ1) is 16.5. The number of amides is 2. The molecule has 0 saturated carbocycles. The van der Waals surface area contributed by atoms with Gasteiger partial charge in [0.25, 0.3) is 0 Å². The van der Waals surface area contributed by atoms with E-state index in [-0.39, 0.29) is 18.4 Å². The molecule has 2 unspecified atom stereocenters. The molecule has 2 aromatic carbocycles. The van der Waals surface area contributed by atoms with Crippen molar-refractivity contribution < 1.29 is 19.0 Å². The van der Waals surface area contributed by atoms with Gasteiger partial charge < -0.3 is 20.5 Å². The maximum absolute atomic E-state index is 12.9. The van der Waals surface area contributed by atoms with Gasteiger partial charge in [-0.1, -0.05) is 23.7 Å². The van der Waals surface area contributed by atoms with Crippen LogP contribution < -0.4 is 15.4 Å². The molecule has 0 fully saturated rings. The molecule has 1 aliphatic heterocycles. The third-order valence-corrected chi connectivity index (χ3v) is 4.00. The molecule has 126 valence electrons. The number of carbonyl (C=O) groups is 1. The maximum atomic E-state index is 12.9. The molecule has 2 atom stereocenters. The van der Waals surface area contributed by atoms with Crippen LogP contribution in [0.4, 0.5) is 9.18 Å². The monoisotopic (exact) mass is 350 g/mol. The van der Waals surface area contributed by atoms with Crippen LogP contribution >= 0.6 is 11.6 Å². The van der Waals surface area contributed by atoms with Crippen LogP contribution in [0.2, 0.25) is 5.02 Å². The number of urea groups is 1. The Kier molecular flexibility index (Phi) is 4.87. The van der Waals surface area contributed by atoms with E-state index in [1.165, 1.54) is 24.3 Å². The van der Waals surface area contributed by atoms with E-state index in [1.54, 1.807) is 18.2 Å². The van der Waals surface area contributed by atoms with Gasteiger partial charge in [0, 0.05) is 17.1 Å². The van der Waals surface area contributed by atoms with E-state index in [4.69, 9.17) is 16.3 Å². The number of nitrogens with one attached hydrogen (secondary N) is 2. The van der Waals surface area contributed by atoms with E-state index in [0.717, 1.165) is 5.56 Å². The van der Waals surface area contributed by atoms with Gasteiger partial charge in [-0.2, -0.15) is 0 Å². The summed E-state index contributed by atoms with van der Waals surface area (Å²) in [6.45, 7) is 0.330. The summed E-state index contributed by atoms with van der Waals surface area (Å²) in [7, 11) is 0. The minimum absolute atomic E-state index is 0.00739. The highest BCUT2D eigenvalue weighted by atomic mass is 35.5. The number of halogens is 2.